The van der Waals surface area contributed by atoms with Gasteiger partial charge in [0.2, 0.25) is 0 Å². The van der Waals surface area contributed by atoms with E-state index < -0.39 is 3.79 Å². The molecular weight excluding hydrogens is 243 g/mol. The lowest BCUT2D eigenvalue weighted by atomic mass is 10.3. The van der Waals surface area contributed by atoms with Crippen molar-refractivity contribution in [2.45, 2.75) is 28.8 Å². The van der Waals surface area contributed by atoms with Crippen LogP contribution < -0.4 is 0 Å². The van der Waals surface area contributed by atoms with Gasteiger partial charge in [0.1, 0.15) is 0 Å². The van der Waals surface area contributed by atoms with Gasteiger partial charge in [0.05, 0.1) is 0 Å². The summed E-state index contributed by atoms with van der Waals surface area (Å²) in [6.45, 7) is 2.10. The summed E-state index contributed by atoms with van der Waals surface area (Å²) in [7, 11) is 3.48. The fourth-order valence-corrected chi connectivity index (χ4v) is 3.63. The first-order valence-electron chi connectivity index (χ1n) is 3.25. The average molecular weight is 254 g/mol. The third kappa shape index (κ3) is 7.92. The molecule has 0 aliphatic rings. The topological polar surface area (TPSA) is 0 Å². The predicted octanol–water partition coefficient (Wildman–Crippen LogP) is 4.54. The number of rotatable bonds is 4. The van der Waals surface area contributed by atoms with E-state index in [1.54, 1.807) is 21.6 Å². The van der Waals surface area contributed by atoms with Gasteiger partial charge in [-0.05, 0) is 12.7 Å². The minimum absolute atomic E-state index is 0.442. The van der Waals surface area contributed by atoms with Crippen LogP contribution in [0.15, 0.2) is 0 Å². The molecule has 0 aromatic rings. The second kappa shape index (κ2) is 6.09. The highest BCUT2D eigenvalue weighted by Gasteiger charge is 2.24. The molecule has 0 heterocycles. The van der Waals surface area contributed by atoms with Crippen molar-refractivity contribution in [3.8, 4) is 0 Å². The first-order valence-corrected chi connectivity index (χ1v) is 7.01. The van der Waals surface area contributed by atoms with Crippen LogP contribution in [0.1, 0.15) is 19.8 Å². The van der Waals surface area contributed by atoms with E-state index in [1.807, 2.05) is 6.26 Å². The van der Waals surface area contributed by atoms with Crippen LogP contribution in [-0.2, 0) is 0 Å². The van der Waals surface area contributed by atoms with Gasteiger partial charge in [0.15, 0.2) is 3.79 Å². The fourth-order valence-electron chi connectivity index (χ4n) is 0.641. The lowest BCUT2D eigenvalue weighted by Gasteiger charge is -2.17. The van der Waals surface area contributed by atoms with Gasteiger partial charge in [-0.2, -0.15) is 0 Å². The molecule has 1 atom stereocenters. The molecule has 0 saturated heterocycles. The average Bonchev–Trinajstić information content (AvgIpc) is 1.84. The Morgan fingerprint density at radius 1 is 1.36 bits per heavy atom. The summed E-state index contributed by atoms with van der Waals surface area (Å²) in [6.07, 6.45) is 3.70. The molecule has 68 valence electrons. The van der Waals surface area contributed by atoms with Crippen molar-refractivity contribution >= 4 is 56.4 Å². The normalized spacial score (nSPS) is 15.0. The van der Waals surface area contributed by atoms with Gasteiger partial charge in [-0.25, -0.2) is 0 Å². The lowest BCUT2D eigenvalue weighted by molar-refractivity contribution is 0.757. The van der Waals surface area contributed by atoms with E-state index >= 15 is 0 Å². The van der Waals surface area contributed by atoms with Crippen LogP contribution in [0.25, 0.3) is 0 Å². The van der Waals surface area contributed by atoms with Crippen LogP contribution in [0, 0.1) is 0 Å². The van der Waals surface area contributed by atoms with E-state index in [2.05, 4.69) is 6.92 Å². The second-order valence-electron chi connectivity index (χ2n) is 2.11. The molecule has 0 N–H and O–H groups in total. The van der Waals surface area contributed by atoms with Crippen molar-refractivity contribution in [2.75, 3.05) is 6.26 Å². The molecule has 0 amide bonds. The predicted molar refractivity (Wildman–Crippen MR) is 60.1 cm³/mol. The highest BCUT2D eigenvalue weighted by molar-refractivity contribution is 8.76. The van der Waals surface area contributed by atoms with Gasteiger partial charge in [-0.15, -0.1) is 0 Å². The lowest BCUT2D eigenvalue weighted by Crippen LogP contribution is -2.12. The summed E-state index contributed by atoms with van der Waals surface area (Å²) < 4.78 is -1.09. The second-order valence-corrected chi connectivity index (χ2v) is 7.40. The molecule has 0 aliphatic carbocycles. The smallest absolute Gasteiger partial charge is 0.0973 e. The van der Waals surface area contributed by atoms with E-state index in [0.717, 1.165) is 6.42 Å². The monoisotopic (exact) mass is 252 g/mol. The maximum absolute atomic E-state index is 5.65. The van der Waals surface area contributed by atoms with Crippen molar-refractivity contribution in [3.63, 3.8) is 0 Å². The minimum Gasteiger partial charge on any atom is -0.0973 e. The number of alkyl halides is 3. The Morgan fingerprint density at radius 3 is 2.18 bits per heavy atom. The summed E-state index contributed by atoms with van der Waals surface area (Å²) in [5, 5.41) is 0.442. The highest BCUT2D eigenvalue weighted by atomic mass is 35.6. The molecule has 0 nitrogen and oxygen atoms in total. The van der Waals surface area contributed by atoms with E-state index in [9.17, 15) is 0 Å². The molecule has 0 spiro atoms. The Hall–Kier alpha value is 1.57. The van der Waals surface area contributed by atoms with E-state index in [0.29, 0.717) is 11.7 Å². The molecule has 11 heavy (non-hydrogen) atoms. The van der Waals surface area contributed by atoms with Gasteiger partial charge in [0.25, 0.3) is 0 Å². The quantitative estimate of drug-likeness (QED) is 0.533. The van der Waals surface area contributed by atoms with Crippen molar-refractivity contribution in [2.24, 2.45) is 0 Å². The molecule has 0 aliphatic heterocycles. The van der Waals surface area contributed by atoms with Gasteiger partial charge < -0.3 is 0 Å². The van der Waals surface area contributed by atoms with Crippen LogP contribution in [0.2, 0.25) is 0 Å². The van der Waals surface area contributed by atoms with Crippen molar-refractivity contribution in [3.05, 3.63) is 0 Å². The van der Waals surface area contributed by atoms with Crippen LogP contribution in [0.5, 0.6) is 0 Å². The number of hydrogen-bond acceptors (Lipinski definition) is 2. The zero-order chi connectivity index (χ0) is 8.91. The Labute approximate surface area is 91.1 Å². The van der Waals surface area contributed by atoms with Crippen molar-refractivity contribution < 1.29 is 0 Å². The van der Waals surface area contributed by atoms with Gasteiger partial charge in [-0.3, -0.25) is 0 Å². The zero-order valence-electron chi connectivity index (χ0n) is 6.44. The van der Waals surface area contributed by atoms with Crippen LogP contribution in [0.3, 0.4) is 0 Å². The largest absolute Gasteiger partial charge is 0.191 e. The Kier molecular flexibility index (Phi) is 6.96. The Morgan fingerprint density at radius 2 is 1.91 bits per heavy atom. The summed E-state index contributed by atoms with van der Waals surface area (Å²) >= 11 is 17.0. The first-order chi connectivity index (χ1) is 4.99. The molecule has 5 heteroatoms. The molecule has 0 saturated carbocycles. The molecular formula is C6H11Cl3S2. The molecule has 0 fully saturated rings. The number of hydrogen-bond donors (Lipinski definition) is 0. The van der Waals surface area contributed by atoms with E-state index in [-0.39, 0.29) is 0 Å². The van der Waals surface area contributed by atoms with Crippen molar-refractivity contribution in [1.82, 2.24) is 0 Å². The summed E-state index contributed by atoms with van der Waals surface area (Å²) in [4.78, 5) is 0. The SMILES string of the molecule is CC[C@H](CC(Cl)(Cl)Cl)SSC. The molecule has 0 radical (unpaired) electrons. The van der Waals surface area contributed by atoms with Gasteiger partial charge in [-0.1, -0.05) is 63.3 Å². The number of halogens is 3. The maximum Gasteiger partial charge on any atom is 0.191 e. The van der Waals surface area contributed by atoms with Crippen molar-refractivity contribution in [1.29, 1.82) is 0 Å². The third-order valence-electron chi connectivity index (χ3n) is 1.15. The van der Waals surface area contributed by atoms with E-state index in [1.165, 1.54) is 0 Å². The minimum atomic E-state index is -1.09. The molecule has 0 rings (SSSR count). The van der Waals surface area contributed by atoms with Gasteiger partial charge in [0, 0.05) is 11.7 Å². The molecule has 0 bridgehead atoms. The molecule has 0 unspecified atom stereocenters. The van der Waals surface area contributed by atoms with E-state index in [4.69, 9.17) is 34.8 Å². The van der Waals surface area contributed by atoms with Crippen LogP contribution >= 0.6 is 56.4 Å². The third-order valence-corrected chi connectivity index (χ3v) is 3.97. The zero-order valence-corrected chi connectivity index (χ0v) is 10.3. The highest BCUT2D eigenvalue weighted by Crippen LogP contribution is 2.38. The first kappa shape index (κ1) is 12.6. The van der Waals surface area contributed by atoms with Crippen LogP contribution in [-0.4, -0.2) is 15.3 Å². The summed E-state index contributed by atoms with van der Waals surface area (Å²) in [6, 6.07) is 0. The fraction of sp³-hybridized carbons (Fsp3) is 1.00. The summed E-state index contributed by atoms with van der Waals surface area (Å²) in [5.74, 6) is 0. The molecule has 0 aromatic carbocycles. The Balaban J connectivity index is 3.68. The standard InChI is InChI=1S/C6H11Cl3S2/c1-3-5(11-10-2)4-6(7,8)9/h5H,3-4H2,1-2H3/t5-/m1/s1. The molecule has 0 aromatic heterocycles. The van der Waals surface area contributed by atoms with Gasteiger partial charge >= 0.3 is 0 Å². The Bertz CT molecular complexity index is 102. The summed E-state index contributed by atoms with van der Waals surface area (Å²) in [5.41, 5.74) is 0. The maximum atomic E-state index is 5.65. The van der Waals surface area contributed by atoms with Crippen LogP contribution in [0.4, 0.5) is 0 Å².